The van der Waals surface area contributed by atoms with Crippen LogP contribution in [0.5, 0.6) is 11.5 Å². The predicted molar refractivity (Wildman–Crippen MR) is 80.2 cm³/mol. The summed E-state index contributed by atoms with van der Waals surface area (Å²) < 4.78 is 10.4. The van der Waals surface area contributed by atoms with Crippen molar-refractivity contribution >= 4 is 11.9 Å². The van der Waals surface area contributed by atoms with E-state index in [0.717, 1.165) is 17.1 Å². The molecule has 120 valence electrons. The van der Waals surface area contributed by atoms with E-state index in [0.29, 0.717) is 32.1 Å². The van der Waals surface area contributed by atoms with Gasteiger partial charge in [-0.2, -0.15) is 0 Å². The zero-order valence-electron chi connectivity index (χ0n) is 12.8. The Balaban J connectivity index is 1.83. The Bertz CT molecular complexity index is 566. The summed E-state index contributed by atoms with van der Waals surface area (Å²) in [6.45, 7) is 0. The van der Waals surface area contributed by atoms with Crippen molar-refractivity contribution in [3.8, 4) is 11.5 Å². The molecular formula is C16H21NO5. The fourth-order valence-corrected chi connectivity index (χ4v) is 2.34. The van der Waals surface area contributed by atoms with Gasteiger partial charge in [0.05, 0.1) is 14.2 Å². The highest BCUT2D eigenvalue weighted by atomic mass is 16.5. The summed E-state index contributed by atoms with van der Waals surface area (Å²) in [7, 11) is 3.18. The molecule has 0 heterocycles. The standard InChI is InChI=1S/C16H21NO5/c1-21-12-7-6-11(13(10-12)22-2)4-3-5-14(18)17-16(8-9-16)15(19)20/h6-7,10H,3-5,8-9H2,1-2H3,(H,17,18)(H,19,20). The normalized spacial score (nSPS) is 15.0. The van der Waals surface area contributed by atoms with Crippen molar-refractivity contribution in [2.24, 2.45) is 0 Å². The molecule has 2 rings (SSSR count). The maximum absolute atomic E-state index is 11.8. The number of nitrogens with one attached hydrogen (secondary N) is 1. The van der Waals surface area contributed by atoms with Crippen molar-refractivity contribution in [1.82, 2.24) is 5.32 Å². The maximum atomic E-state index is 11.8. The van der Waals surface area contributed by atoms with Crippen LogP contribution in [-0.4, -0.2) is 36.7 Å². The minimum Gasteiger partial charge on any atom is -0.497 e. The summed E-state index contributed by atoms with van der Waals surface area (Å²) in [5, 5.41) is 11.6. The van der Waals surface area contributed by atoms with Gasteiger partial charge in [0, 0.05) is 12.5 Å². The molecule has 1 aromatic rings. The minimum atomic E-state index is -1.01. The lowest BCUT2D eigenvalue weighted by Crippen LogP contribution is -2.42. The second-order valence-electron chi connectivity index (χ2n) is 5.47. The lowest BCUT2D eigenvalue weighted by Gasteiger charge is -2.13. The molecule has 0 unspecified atom stereocenters. The molecule has 0 bridgehead atoms. The lowest BCUT2D eigenvalue weighted by atomic mass is 10.1. The summed E-state index contributed by atoms with van der Waals surface area (Å²) in [4.78, 5) is 22.8. The number of ether oxygens (including phenoxy) is 2. The van der Waals surface area contributed by atoms with Crippen molar-refractivity contribution in [3.05, 3.63) is 23.8 Å². The quantitative estimate of drug-likeness (QED) is 0.764. The van der Waals surface area contributed by atoms with Crippen LogP contribution in [0.25, 0.3) is 0 Å². The Kier molecular flexibility index (Phi) is 4.90. The van der Waals surface area contributed by atoms with Crippen molar-refractivity contribution in [2.45, 2.75) is 37.6 Å². The van der Waals surface area contributed by atoms with Gasteiger partial charge in [0.1, 0.15) is 17.0 Å². The molecule has 0 aromatic heterocycles. The van der Waals surface area contributed by atoms with Crippen molar-refractivity contribution < 1.29 is 24.2 Å². The van der Waals surface area contributed by atoms with Crippen LogP contribution in [0.1, 0.15) is 31.2 Å². The summed E-state index contributed by atoms with van der Waals surface area (Å²) in [5.74, 6) is 0.282. The number of rotatable bonds is 8. The van der Waals surface area contributed by atoms with Crippen molar-refractivity contribution in [1.29, 1.82) is 0 Å². The lowest BCUT2D eigenvalue weighted by molar-refractivity contribution is -0.143. The Morgan fingerprint density at radius 1 is 1.27 bits per heavy atom. The number of carboxylic acid groups (broad SMARTS) is 1. The summed E-state index contributed by atoms with van der Waals surface area (Å²) >= 11 is 0. The molecule has 1 amide bonds. The molecule has 1 aromatic carbocycles. The van der Waals surface area contributed by atoms with E-state index in [1.165, 1.54) is 0 Å². The number of carboxylic acids is 1. The number of carbonyl (C=O) groups excluding carboxylic acids is 1. The first-order valence-corrected chi connectivity index (χ1v) is 7.26. The van der Waals surface area contributed by atoms with Gasteiger partial charge in [-0.15, -0.1) is 0 Å². The first kappa shape index (κ1) is 16.1. The second kappa shape index (κ2) is 6.68. The Labute approximate surface area is 129 Å². The van der Waals surface area contributed by atoms with Crippen LogP contribution in [0.15, 0.2) is 18.2 Å². The van der Waals surface area contributed by atoms with Crippen LogP contribution in [0, 0.1) is 0 Å². The van der Waals surface area contributed by atoms with Crippen molar-refractivity contribution in [3.63, 3.8) is 0 Å². The van der Waals surface area contributed by atoms with Crippen LogP contribution in [0.3, 0.4) is 0 Å². The molecule has 6 nitrogen and oxygen atoms in total. The fourth-order valence-electron chi connectivity index (χ4n) is 2.34. The third kappa shape index (κ3) is 3.69. The van der Waals surface area contributed by atoms with Gasteiger partial charge in [-0.05, 0) is 37.3 Å². The molecule has 22 heavy (non-hydrogen) atoms. The molecule has 1 saturated carbocycles. The van der Waals surface area contributed by atoms with Crippen LogP contribution in [0.2, 0.25) is 0 Å². The topological polar surface area (TPSA) is 84.9 Å². The van der Waals surface area contributed by atoms with Gasteiger partial charge in [0.2, 0.25) is 5.91 Å². The SMILES string of the molecule is COc1ccc(CCCC(=O)NC2(C(=O)O)CC2)c(OC)c1. The number of hydrogen-bond donors (Lipinski definition) is 2. The van der Waals surface area contributed by atoms with Gasteiger partial charge in [-0.3, -0.25) is 4.79 Å². The average Bonchev–Trinajstić information content (AvgIpc) is 3.28. The molecule has 1 aliphatic carbocycles. The van der Waals surface area contributed by atoms with Gasteiger partial charge in [-0.25, -0.2) is 4.79 Å². The zero-order valence-corrected chi connectivity index (χ0v) is 12.8. The molecular weight excluding hydrogens is 286 g/mol. The predicted octanol–water partition coefficient (Wildman–Crippen LogP) is 1.76. The first-order valence-electron chi connectivity index (χ1n) is 7.26. The van der Waals surface area contributed by atoms with Gasteiger partial charge in [-0.1, -0.05) is 6.07 Å². The van der Waals surface area contributed by atoms with E-state index in [2.05, 4.69) is 5.32 Å². The monoisotopic (exact) mass is 307 g/mol. The Hall–Kier alpha value is -2.24. The van der Waals surface area contributed by atoms with Crippen molar-refractivity contribution in [2.75, 3.05) is 14.2 Å². The molecule has 0 radical (unpaired) electrons. The zero-order chi connectivity index (χ0) is 16.2. The van der Waals surface area contributed by atoms with E-state index in [1.807, 2.05) is 12.1 Å². The maximum Gasteiger partial charge on any atom is 0.329 e. The van der Waals surface area contributed by atoms with E-state index in [9.17, 15) is 9.59 Å². The van der Waals surface area contributed by atoms with Gasteiger partial charge in [0.25, 0.3) is 0 Å². The number of methoxy groups -OCH3 is 2. The minimum absolute atomic E-state index is 0.215. The number of hydrogen-bond acceptors (Lipinski definition) is 4. The van der Waals surface area contributed by atoms with Crippen LogP contribution in [0.4, 0.5) is 0 Å². The van der Waals surface area contributed by atoms with Gasteiger partial charge < -0.3 is 19.9 Å². The Morgan fingerprint density at radius 2 is 2.00 bits per heavy atom. The summed E-state index contributed by atoms with van der Waals surface area (Å²) in [6, 6.07) is 5.57. The largest absolute Gasteiger partial charge is 0.497 e. The molecule has 6 heteroatoms. The van der Waals surface area contributed by atoms with Crippen LogP contribution in [-0.2, 0) is 16.0 Å². The van der Waals surface area contributed by atoms with Gasteiger partial charge >= 0.3 is 5.97 Å². The Morgan fingerprint density at radius 3 is 2.55 bits per heavy atom. The smallest absolute Gasteiger partial charge is 0.329 e. The molecule has 1 aliphatic rings. The summed E-state index contributed by atoms with van der Waals surface area (Å²) in [5.41, 5.74) is -0.00927. The highest BCUT2D eigenvalue weighted by Crippen LogP contribution is 2.35. The highest BCUT2D eigenvalue weighted by Gasteiger charge is 2.51. The van der Waals surface area contributed by atoms with E-state index in [1.54, 1.807) is 20.3 Å². The number of aryl methyl sites for hydroxylation is 1. The third-order valence-electron chi connectivity index (χ3n) is 3.88. The van der Waals surface area contributed by atoms with E-state index in [-0.39, 0.29) is 5.91 Å². The number of carbonyl (C=O) groups is 2. The third-order valence-corrected chi connectivity index (χ3v) is 3.88. The van der Waals surface area contributed by atoms with Crippen LogP contribution >= 0.6 is 0 Å². The number of amides is 1. The molecule has 0 atom stereocenters. The molecule has 0 spiro atoms. The van der Waals surface area contributed by atoms with Crippen LogP contribution < -0.4 is 14.8 Å². The molecule has 2 N–H and O–H groups in total. The molecule has 1 fully saturated rings. The first-order chi connectivity index (χ1) is 10.5. The van der Waals surface area contributed by atoms with E-state index < -0.39 is 11.5 Å². The van der Waals surface area contributed by atoms with E-state index >= 15 is 0 Å². The molecule has 0 aliphatic heterocycles. The highest BCUT2D eigenvalue weighted by molar-refractivity contribution is 5.89. The van der Waals surface area contributed by atoms with E-state index in [4.69, 9.17) is 14.6 Å². The number of benzene rings is 1. The second-order valence-corrected chi connectivity index (χ2v) is 5.47. The fraction of sp³-hybridized carbons (Fsp3) is 0.500. The number of aliphatic carboxylic acids is 1. The summed E-state index contributed by atoms with van der Waals surface area (Å²) in [6.07, 6.45) is 2.63. The van der Waals surface area contributed by atoms with Gasteiger partial charge in [0.15, 0.2) is 0 Å². The average molecular weight is 307 g/mol. The molecule has 0 saturated heterocycles.